The molecule has 0 saturated heterocycles. The Morgan fingerprint density at radius 2 is 2.00 bits per heavy atom. The third kappa shape index (κ3) is 3.49. The molecule has 0 bridgehead atoms. The predicted octanol–water partition coefficient (Wildman–Crippen LogP) is 3.02. The van der Waals surface area contributed by atoms with E-state index in [-0.39, 0.29) is 5.82 Å². The molecule has 0 aliphatic heterocycles. The number of nitrogens with one attached hydrogen (secondary N) is 1. The largest absolute Gasteiger partial charge is 0.261 e. The number of aromatic nitrogens is 2. The molecule has 0 atom stereocenters. The molecule has 18 heavy (non-hydrogen) atoms. The topological polar surface area (TPSA) is 50.2 Å². The predicted molar refractivity (Wildman–Crippen MR) is 69.4 cm³/mol. The van der Waals surface area contributed by atoms with E-state index in [2.05, 4.69) is 20.5 Å². The van der Waals surface area contributed by atoms with Crippen molar-refractivity contribution in [3.05, 3.63) is 52.7 Å². The normalized spacial score (nSPS) is 10.8. The highest BCUT2D eigenvalue weighted by atomic mass is 35.5. The maximum absolute atomic E-state index is 12.7. The second kappa shape index (κ2) is 5.55. The van der Waals surface area contributed by atoms with Crippen LogP contribution in [0.4, 0.5) is 10.2 Å². The molecule has 2 aromatic rings. The second-order valence-electron chi connectivity index (χ2n) is 3.54. The van der Waals surface area contributed by atoms with Gasteiger partial charge in [0.1, 0.15) is 16.8 Å². The van der Waals surface area contributed by atoms with Crippen molar-refractivity contribution in [2.75, 3.05) is 5.43 Å². The van der Waals surface area contributed by atoms with Crippen LogP contribution >= 0.6 is 11.6 Å². The number of hydrogen-bond donors (Lipinski definition) is 1. The van der Waals surface area contributed by atoms with E-state index in [0.717, 1.165) is 5.56 Å². The maximum atomic E-state index is 12.7. The lowest BCUT2D eigenvalue weighted by Crippen LogP contribution is -1.97. The molecular formula is C12H10ClFN4. The molecule has 1 heterocycles. The number of aryl methyl sites for hydroxylation is 1. The smallest absolute Gasteiger partial charge is 0.151 e. The van der Waals surface area contributed by atoms with Crippen LogP contribution in [0.25, 0.3) is 0 Å². The molecule has 1 aromatic carbocycles. The van der Waals surface area contributed by atoms with E-state index < -0.39 is 0 Å². The van der Waals surface area contributed by atoms with Gasteiger partial charge in [-0.15, -0.1) is 0 Å². The van der Waals surface area contributed by atoms with Crippen LogP contribution < -0.4 is 5.43 Å². The summed E-state index contributed by atoms with van der Waals surface area (Å²) in [7, 11) is 0. The molecular weight excluding hydrogens is 255 g/mol. The van der Waals surface area contributed by atoms with Crippen molar-refractivity contribution in [2.45, 2.75) is 6.92 Å². The van der Waals surface area contributed by atoms with Crippen molar-refractivity contribution in [3.63, 3.8) is 0 Å². The molecule has 2 rings (SSSR count). The molecule has 1 N–H and O–H groups in total. The molecule has 4 nitrogen and oxygen atoms in total. The first-order chi connectivity index (χ1) is 8.63. The van der Waals surface area contributed by atoms with Gasteiger partial charge in [-0.25, -0.2) is 14.4 Å². The summed E-state index contributed by atoms with van der Waals surface area (Å²) >= 11 is 5.78. The average molecular weight is 265 g/mol. The lowest BCUT2D eigenvalue weighted by molar-refractivity contribution is 0.628. The van der Waals surface area contributed by atoms with Crippen molar-refractivity contribution >= 4 is 23.6 Å². The molecule has 0 amide bonds. The van der Waals surface area contributed by atoms with Gasteiger partial charge in [0.2, 0.25) is 0 Å². The number of nitrogens with zero attached hydrogens (tertiary/aromatic N) is 3. The number of benzene rings is 1. The van der Waals surface area contributed by atoms with Gasteiger partial charge >= 0.3 is 0 Å². The Morgan fingerprint density at radius 3 is 2.67 bits per heavy atom. The van der Waals surface area contributed by atoms with Gasteiger partial charge in [-0.3, -0.25) is 5.43 Å². The molecule has 0 saturated carbocycles. The minimum atomic E-state index is -0.279. The van der Waals surface area contributed by atoms with Crippen molar-refractivity contribution in [2.24, 2.45) is 5.10 Å². The highest BCUT2D eigenvalue weighted by molar-refractivity contribution is 6.29. The quantitative estimate of drug-likeness (QED) is 0.527. The van der Waals surface area contributed by atoms with E-state index >= 15 is 0 Å². The molecule has 0 aliphatic rings. The van der Waals surface area contributed by atoms with Gasteiger partial charge in [0, 0.05) is 6.07 Å². The Bertz CT molecular complexity index is 549. The van der Waals surface area contributed by atoms with E-state index in [1.165, 1.54) is 12.1 Å². The zero-order chi connectivity index (χ0) is 13.0. The third-order valence-electron chi connectivity index (χ3n) is 2.07. The fourth-order valence-corrected chi connectivity index (χ4v) is 1.54. The minimum absolute atomic E-state index is 0.279. The Labute approximate surface area is 109 Å². The van der Waals surface area contributed by atoms with E-state index in [1.807, 2.05) is 0 Å². The number of halogens is 2. The number of rotatable bonds is 3. The van der Waals surface area contributed by atoms with Crippen molar-refractivity contribution in [1.82, 2.24) is 9.97 Å². The van der Waals surface area contributed by atoms with Gasteiger partial charge in [-0.2, -0.15) is 5.10 Å². The molecule has 0 unspecified atom stereocenters. The minimum Gasteiger partial charge on any atom is -0.261 e. The van der Waals surface area contributed by atoms with Crippen LogP contribution in [-0.4, -0.2) is 16.2 Å². The summed E-state index contributed by atoms with van der Waals surface area (Å²) < 4.78 is 12.7. The summed E-state index contributed by atoms with van der Waals surface area (Å²) in [6.45, 7) is 1.74. The fourth-order valence-electron chi connectivity index (χ4n) is 1.31. The van der Waals surface area contributed by atoms with Crippen LogP contribution in [0.1, 0.15) is 11.4 Å². The van der Waals surface area contributed by atoms with Crippen LogP contribution in [0, 0.1) is 12.7 Å². The van der Waals surface area contributed by atoms with Gasteiger partial charge < -0.3 is 0 Å². The summed E-state index contributed by atoms with van der Waals surface area (Å²) in [4.78, 5) is 8.03. The zero-order valence-corrected chi connectivity index (χ0v) is 10.3. The summed E-state index contributed by atoms with van der Waals surface area (Å²) in [6, 6.07) is 7.55. The van der Waals surface area contributed by atoms with Gasteiger partial charge in [-0.1, -0.05) is 23.7 Å². The first-order valence-corrected chi connectivity index (χ1v) is 5.57. The fraction of sp³-hybridized carbons (Fsp3) is 0.0833. The Balaban J connectivity index is 2.04. The Hall–Kier alpha value is -2.01. The van der Waals surface area contributed by atoms with Gasteiger partial charge in [0.25, 0.3) is 0 Å². The molecule has 0 spiro atoms. The number of anilines is 1. The van der Waals surface area contributed by atoms with Crippen LogP contribution in [0.2, 0.25) is 5.15 Å². The zero-order valence-electron chi connectivity index (χ0n) is 9.56. The van der Waals surface area contributed by atoms with Crippen molar-refractivity contribution < 1.29 is 4.39 Å². The summed E-state index contributed by atoms with van der Waals surface area (Å²) in [5, 5.41) is 4.33. The van der Waals surface area contributed by atoms with E-state index in [4.69, 9.17) is 11.6 Å². The monoisotopic (exact) mass is 264 g/mol. The van der Waals surface area contributed by atoms with Gasteiger partial charge in [0.05, 0.1) is 6.21 Å². The molecule has 0 radical (unpaired) electrons. The van der Waals surface area contributed by atoms with Gasteiger partial charge in [-0.05, 0) is 24.6 Å². The molecule has 92 valence electrons. The Kier molecular flexibility index (Phi) is 3.84. The summed E-state index contributed by atoms with van der Waals surface area (Å²) in [5.74, 6) is 0.783. The van der Waals surface area contributed by atoms with Crippen molar-refractivity contribution in [1.29, 1.82) is 0 Å². The first-order valence-electron chi connectivity index (χ1n) is 5.19. The molecule has 1 aromatic heterocycles. The lowest BCUT2D eigenvalue weighted by Gasteiger charge is -2.00. The standard InChI is InChI=1S/C12H10ClFN4/c1-8-16-11(13)6-12(17-8)18-15-7-9-2-4-10(14)5-3-9/h2-7H,1H3,(H,16,17,18)/b15-7-. The third-order valence-corrected chi connectivity index (χ3v) is 2.26. The van der Waals surface area contributed by atoms with Crippen molar-refractivity contribution in [3.8, 4) is 0 Å². The van der Waals surface area contributed by atoms with Crippen LogP contribution in [-0.2, 0) is 0 Å². The second-order valence-corrected chi connectivity index (χ2v) is 3.93. The van der Waals surface area contributed by atoms with E-state index in [0.29, 0.717) is 16.8 Å². The van der Waals surface area contributed by atoms with Crippen LogP contribution in [0.3, 0.4) is 0 Å². The average Bonchev–Trinajstić information content (AvgIpc) is 2.30. The SMILES string of the molecule is Cc1nc(Cl)cc(N/N=C\c2ccc(F)cc2)n1. The number of hydrogen-bond acceptors (Lipinski definition) is 4. The highest BCUT2D eigenvalue weighted by Crippen LogP contribution is 2.10. The summed E-state index contributed by atoms with van der Waals surface area (Å²) in [5.41, 5.74) is 3.51. The van der Waals surface area contributed by atoms with E-state index in [9.17, 15) is 4.39 Å². The van der Waals surface area contributed by atoms with Gasteiger partial charge in [0.15, 0.2) is 5.82 Å². The van der Waals surface area contributed by atoms with Crippen LogP contribution in [0.15, 0.2) is 35.4 Å². The molecule has 6 heteroatoms. The Morgan fingerprint density at radius 1 is 1.28 bits per heavy atom. The highest BCUT2D eigenvalue weighted by Gasteiger charge is 1.97. The van der Waals surface area contributed by atoms with E-state index in [1.54, 1.807) is 31.3 Å². The molecule has 0 fully saturated rings. The number of hydrazone groups is 1. The maximum Gasteiger partial charge on any atom is 0.151 e. The van der Waals surface area contributed by atoms with Crippen LogP contribution in [0.5, 0.6) is 0 Å². The first kappa shape index (κ1) is 12.4. The summed E-state index contributed by atoms with van der Waals surface area (Å²) in [6.07, 6.45) is 1.56. The lowest BCUT2D eigenvalue weighted by atomic mass is 10.2. The molecule has 0 aliphatic carbocycles.